The van der Waals surface area contributed by atoms with Crippen LogP contribution in [0.15, 0.2) is 34.9 Å². The highest BCUT2D eigenvalue weighted by molar-refractivity contribution is 8.02. The van der Waals surface area contributed by atoms with Crippen LogP contribution in [0.5, 0.6) is 0 Å². The van der Waals surface area contributed by atoms with E-state index >= 15 is 0 Å². The number of aliphatic carboxylic acids is 1. The standard InChI is InChI=1S/C15H16N2O2S/c1-20-14(13(10-16)15(18)19)17-8-6-11-4-2-3-5-12(11)7-9-17/h2-5H,6-9H2,1H3,(H,18,19). The van der Waals surface area contributed by atoms with Gasteiger partial charge in [0.05, 0.1) is 5.03 Å². The van der Waals surface area contributed by atoms with Crippen LogP contribution < -0.4 is 0 Å². The van der Waals surface area contributed by atoms with Crippen molar-refractivity contribution in [3.63, 3.8) is 0 Å². The molecule has 0 saturated heterocycles. The van der Waals surface area contributed by atoms with Gasteiger partial charge in [-0.05, 0) is 30.2 Å². The first kappa shape index (κ1) is 14.5. The van der Waals surface area contributed by atoms with Gasteiger partial charge in [-0.3, -0.25) is 0 Å². The number of carbonyl (C=O) groups is 1. The Bertz CT molecular complexity index is 563. The Morgan fingerprint density at radius 1 is 1.30 bits per heavy atom. The largest absolute Gasteiger partial charge is 0.477 e. The molecule has 0 radical (unpaired) electrons. The lowest BCUT2D eigenvalue weighted by atomic mass is 10.0. The number of benzene rings is 1. The number of carboxylic acids is 1. The van der Waals surface area contributed by atoms with Gasteiger partial charge in [0, 0.05) is 13.1 Å². The molecule has 0 aliphatic carbocycles. The SMILES string of the molecule is CSC(=C(C#N)C(=O)O)N1CCc2ccccc2CC1. The van der Waals surface area contributed by atoms with E-state index in [4.69, 9.17) is 10.4 Å². The molecule has 0 bridgehead atoms. The first-order valence-electron chi connectivity index (χ1n) is 6.40. The fourth-order valence-corrected chi connectivity index (χ4v) is 3.23. The third-order valence-electron chi connectivity index (χ3n) is 3.44. The lowest BCUT2D eigenvalue weighted by molar-refractivity contribution is -0.132. The van der Waals surface area contributed by atoms with Gasteiger partial charge < -0.3 is 10.0 Å². The number of rotatable bonds is 3. The number of thioether (sulfide) groups is 1. The summed E-state index contributed by atoms with van der Waals surface area (Å²) >= 11 is 1.33. The molecule has 4 nitrogen and oxygen atoms in total. The van der Waals surface area contributed by atoms with Gasteiger partial charge in [0.1, 0.15) is 6.07 Å². The summed E-state index contributed by atoms with van der Waals surface area (Å²) < 4.78 is 0. The molecule has 0 spiro atoms. The number of carboxylic acid groups (broad SMARTS) is 1. The molecule has 1 aromatic carbocycles. The van der Waals surface area contributed by atoms with Crippen molar-refractivity contribution in [2.75, 3.05) is 19.3 Å². The lowest BCUT2D eigenvalue weighted by Crippen LogP contribution is -2.26. The molecule has 2 rings (SSSR count). The number of fused-ring (bicyclic) bond motifs is 1. The number of nitriles is 1. The van der Waals surface area contributed by atoms with Crippen LogP contribution in [-0.4, -0.2) is 35.3 Å². The van der Waals surface area contributed by atoms with E-state index in [9.17, 15) is 4.79 Å². The zero-order valence-electron chi connectivity index (χ0n) is 11.3. The molecule has 1 N–H and O–H groups in total. The Hall–Kier alpha value is -1.93. The van der Waals surface area contributed by atoms with Crippen LogP contribution in [0.25, 0.3) is 0 Å². The first-order chi connectivity index (χ1) is 9.67. The van der Waals surface area contributed by atoms with E-state index in [-0.39, 0.29) is 5.57 Å². The van der Waals surface area contributed by atoms with Gasteiger partial charge in [0.2, 0.25) is 0 Å². The van der Waals surface area contributed by atoms with Gasteiger partial charge in [-0.15, -0.1) is 11.8 Å². The van der Waals surface area contributed by atoms with E-state index in [1.165, 1.54) is 22.9 Å². The molecule has 0 atom stereocenters. The molecule has 0 amide bonds. The summed E-state index contributed by atoms with van der Waals surface area (Å²) in [7, 11) is 0. The normalized spacial score (nSPS) is 15.7. The molecule has 0 saturated carbocycles. The molecule has 1 aliphatic rings. The molecule has 1 aromatic rings. The minimum Gasteiger partial charge on any atom is -0.477 e. The second-order valence-corrected chi connectivity index (χ2v) is 5.35. The Morgan fingerprint density at radius 3 is 2.25 bits per heavy atom. The van der Waals surface area contributed by atoms with Gasteiger partial charge in [-0.1, -0.05) is 24.3 Å². The van der Waals surface area contributed by atoms with E-state index in [1.807, 2.05) is 29.4 Å². The molecular formula is C15H16N2O2S. The second-order valence-electron chi connectivity index (χ2n) is 4.56. The molecule has 5 heteroatoms. The Kier molecular flexibility index (Phi) is 4.70. The highest BCUT2D eigenvalue weighted by Crippen LogP contribution is 2.25. The van der Waals surface area contributed by atoms with Crippen LogP contribution >= 0.6 is 11.8 Å². The van der Waals surface area contributed by atoms with Crippen LogP contribution in [0.2, 0.25) is 0 Å². The van der Waals surface area contributed by atoms with Crippen molar-refractivity contribution in [3.05, 3.63) is 46.0 Å². The van der Waals surface area contributed by atoms with Crippen LogP contribution in [0.1, 0.15) is 11.1 Å². The summed E-state index contributed by atoms with van der Waals surface area (Å²) in [5.74, 6) is -1.15. The van der Waals surface area contributed by atoms with Crippen LogP contribution in [-0.2, 0) is 17.6 Å². The zero-order chi connectivity index (χ0) is 14.5. The Labute approximate surface area is 122 Å². The van der Waals surface area contributed by atoms with E-state index in [2.05, 4.69) is 12.1 Å². The minimum atomic E-state index is -1.15. The van der Waals surface area contributed by atoms with Crippen molar-refractivity contribution in [1.82, 2.24) is 4.90 Å². The molecule has 0 fully saturated rings. The van der Waals surface area contributed by atoms with Crippen LogP contribution in [0.3, 0.4) is 0 Å². The van der Waals surface area contributed by atoms with Crippen LogP contribution in [0, 0.1) is 11.3 Å². The lowest BCUT2D eigenvalue weighted by Gasteiger charge is -2.24. The monoisotopic (exact) mass is 288 g/mol. The highest BCUT2D eigenvalue weighted by atomic mass is 32.2. The third kappa shape index (κ3) is 2.97. The average Bonchev–Trinajstić information content (AvgIpc) is 2.67. The molecule has 1 heterocycles. The van der Waals surface area contributed by atoms with Crippen molar-refractivity contribution >= 4 is 17.7 Å². The predicted octanol–water partition coefficient (Wildman–Crippen LogP) is 2.27. The number of hydrogen-bond donors (Lipinski definition) is 1. The van der Waals surface area contributed by atoms with Crippen LogP contribution in [0.4, 0.5) is 0 Å². The third-order valence-corrected chi connectivity index (χ3v) is 4.29. The maximum atomic E-state index is 11.2. The minimum absolute atomic E-state index is 0.163. The molecule has 104 valence electrons. The first-order valence-corrected chi connectivity index (χ1v) is 7.63. The van der Waals surface area contributed by atoms with E-state index < -0.39 is 5.97 Å². The van der Waals surface area contributed by atoms with E-state index in [0.29, 0.717) is 5.03 Å². The van der Waals surface area contributed by atoms with Crippen molar-refractivity contribution in [3.8, 4) is 6.07 Å². The molecular weight excluding hydrogens is 272 g/mol. The molecule has 0 aromatic heterocycles. The number of hydrogen-bond acceptors (Lipinski definition) is 4. The van der Waals surface area contributed by atoms with E-state index in [1.54, 1.807) is 0 Å². The van der Waals surface area contributed by atoms with Gasteiger partial charge in [0.25, 0.3) is 0 Å². The second kappa shape index (κ2) is 6.49. The van der Waals surface area contributed by atoms with Crippen molar-refractivity contribution in [2.45, 2.75) is 12.8 Å². The van der Waals surface area contributed by atoms with Gasteiger partial charge in [-0.25, -0.2) is 4.79 Å². The topological polar surface area (TPSA) is 64.3 Å². The number of nitrogens with zero attached hydrogens (tertiary/aromatic N) is 2. The summed E-state index contributed by atoms with van der Waals surface area (Å²) in [5, 5.41) is 18.7. The Balaban J connectivity index is 2.28. The summed E-state index contributed by atoms with van der Waals surface area (Å²) in [6.45, 7) is 1.48. The van der Waals surface area contributed by atoms with Gasteiger partial charge >= 0.3 is 5.97 Å². The van der Waals surface area contributed by atoms with Crippen molar-refractivity contribution in [1.29, 1.82) is 5.26 Å². The average molecular weight is 288 g/mol. The van der Waals surface area contributed by atoms with Crippen molar-refractivity contribution < 1.29 is 9.90 Å². The summed E-state index contributed by atoms with van der Waals surface area (Å²) in [6, 6.07) is 10.1. The predicted molar refractivity (Wildman–Crippen MR) is 79.2 cm³/mol. The Morgan fingerprint density at radius 2 is 1.85 bits per heavy atom. The summed E-state index contributed by atoms with van der Waals surface area (Å²) in [6.07, 6.45) is 3.56. The van der Waals surface area contributed by atoms with Gasteiger partial charge in [-0.2, -0.15) is 5.26 Å². The molecule has 1 aliphatic heterocycles. The smallest absolute Gasteiger partial charge is 0.349 e. The highest BCUT2D eigenvalue weighted by Gasteiger charge is 2.21. The van der Waals surface area contributed by atoms with E-state index in [0.717, 1.165) is 25.9 Å². The molecule has 20 heavy (non-hydrogen) atoms. The molecule has 0 unspecified atom stereocenters. The van der Waals surface area contributed by atoms with Gasteiger partial charge in [0.15, 0.2) is 5.57 Å². The zero-order valence-corrected chi connectivity index (χ0v) is 12.1. The quantitative estimate of drug-likeness (QED) is 0.683. The maximum Gasteiger partial charge on any atom is 0.349 e. The summed E-state index contributed by atoms with van der Waals surface area (Å²) in [4.78, 5) is 13.2. The maximum absolute atomic E-state index is 11.2. The van der Waals surface area contributed by atoms with Crippen molar-refractivity contribution in [2.24, 2.45) is 0 Å². The summed E-state index contributed by atoms with van der Waals surface area (Å²) in [5.41, 5.74) is 2.46. The fourth-order valence-electron chi connectivity index (χ4n) is 2.45. The fraction of sp³-hybridized carbons (Fsp3) is 0.333.